The lowest BCUT2D eigenvalue weighted by Crippen LogP contribution is -1.94. The fraction of sp³-hybridized carbons (Fsp3) is 0.222. The van der Waals surface area contributed by atoms with Gasteiger partial charge >= 0.3 is 0 Å². The van der Waals surface area contributed by atoms with E-state index in [1.807, 2.05) is 13.0 Å². The van der Waals surface area contributed by atoms with Crippen molar-refractivity contribution in [3.8, 4) is 5.75 Å². The summed E-state index contributed by atoms with van der Waals surface area (Å²) < 4.78 is 6.69. The highest BCUT2D eigenvalue weighted by Crippen LogP contribution is 2.34. The van der Waals surface area contributed by atoms with Gasteiger partial charge < -0.3 is 4.74 Å². The van der Waals surface area contributed by atoms with Gasteiger partial charge in [-0.2, -0.15) is 0 Å². The smallest absolute Gasteiger partial charge is 0.151 e. The molecule has 1 rings (SSSR count). The van der Waals surface area contributed by atoms with Gasteiger partial charge in [-0.1, -0.05) is 0 Å². The molecule has 0 heterocycles. The summed E-state index contributed by atoms with van der Waals surface area (Å²) in [5.41, 5.74) is 1.46. The number of methoxy groups -OCH3 is 1. The van der Waals surface area contributed by atoms with Gasteiger partial charge in [-0.05, 0) is 44.8 Å². The van der Waals surface area contributed by atoms with Gasteiger partial charge in [0.05, 0.1) is 7.11 Å². The van der Waals surface area contributed by atoms with E-state index < -0.39 is 0 Å². The van der Waals surface area contributed by atoms with Gasteiger partial charge in [0.25, 0.3) is 0 Å². The molecule has 0 radical (unpaired) electrons. The highest BCUT2D eigenvalue weighted by atomic mass is 79.9. The molecule has 13 heavy (non-hydrogen) atoms. The Bertz CT molecular complexity index is 348. The maximum atomic E-state index is 10.8. The van der Waals surface area contributed by atoms with Crippen molar-refractivity contribution in [3.63, 3.8) is 0 Å². The van der Waals surface area contributed by atoms with Gasteiger partial charge in [-0.3, -0.25) is 4.79 Å². The molecule has 4 heteroatoms. The first-order valence-electron chi connectivity index (χ1n) is 3.59. The van der Waals surface area contributed by atoms with Crippen molar-refractivity contribution in [2.24, 2.45) is 0 Å². The third kappa shape index (κ3) is 1.94. The van der Waals surface area contributed by atoms with Crippen LogP contribution in [0.4, 0.5) is 0 Å². The first kappa shape index (κ1) is 10.7. The molecule has 0 aromatic heterocycles. The first-order valence-corrected chi connectivity index (χ1v) is 5.18. The van der Waals surface area contributed by atoms with Crippen LogP contribution in [0.3, 0.4) is 0 Å². The van der Waals surface area contributed by atoms with Gasteiger partial charge in [0.15, 0.2) is 6.29 Å². The summed E-state index contributed by atoms with van der Waals surface area (Å²) in [6, 6.07) is 1.83. The Morgan fingerprint density at radius 3 is 2.54 bits per heavy atom. The third-order valence-corrected chi connectivity index (χ3v) is 3.83. The second-order valence-electron chi connectivity index (χ2n) is 2.53. The second-order valence-corrected chi connectivity index (χ2v) is 4.18. The fourth-order valence-corrected chi connectivity index (χ4v) is 1.99. The van der Waals surface area contributed by atoms with Crippen molar-refractivity contribution in [1.82, 2.24) is 0 Å². The SMILES string of the molecule is COc1cc(Br)c(Br)c(C=O)c1C. The number of hydrogen-bond acceptors (Lipinski definition) is 2. The average molecular weight is 308 g/mol. The number of benzene rings is 1. The van der Waals surface area contributed by atoms with E-state index in [9.17, 15) is 4.79 Å². The Labute approximate surface area is 93.5 Å². The fourth-order valence-electron chi connectivity index (χ4n) is 1.06. The van der Waals surface area contributed by atoms with Gasteiger partial charge in [-0.25, -0.2) is 0 Å². The minimum atomic E-state index is 0.617. The van der Waals surface area contributed by atoms with Crippen molar-refractivity contribution >= 4 is 38.1 Å². The topological polar surface area (TPSA) is 26.3 Å². The molecule has 0 saturated carbocycles. The van der Waals surface area contributed by atoms with Crippen LogP contribution in [0.25, 0.3) is 0 Å². The lowest BCUT2D eigenvalue weighted by molar-refractivity contribution is 0.112. The Morgan fingerprint density at radius 2 is 2.08 bits per heavy atom. The molecular weight excluding hydrogens is 300 g/mol. The lowest BCUT2D eigenvalue weighted by Gasteiger charge is -2.09. The average Bonchev–Trinajstić information content (AvgIpc) is 2.12. The molecule has 0 aliphatic carbocycles. The Balaban J connectivity index is 3.47. The van der Waals surface area contributed by atoms with E-state index in [1.165, 1.54) is 0 Å². The highest BCUT2D eigenvalue weighted by molar-refractivity contribution is 9.13. The summed E-state index contributed by atoms with van der Waals surface area (Å²) in [5.74, 6) is 0.706. The maximum Gasteiger partial charge on any atom is 0.151 e. The molecule has 0 bridgehead atoms. The van der Waals surface area contributed by atoms with Crippen LogP contribution in [0, 0.1) is 6.92 Å². The zero-order chi connectivity index (χ0) is 10.0. The van der Waals surface area contributed by atoms with Gasteiger partial charge in [0.2, 0.25) is 0 Å². The van der Waals surface area contributed by atoms with Gasteiger partial charge in [0.1, 0.15) is 5.75 Å². The van der Waals surface area contributed by atoms with E-state index in [0.717, 1.165) is 20.8 Å². The van der Waals surface area contributed by atoms with E-state index in [0.29, 0.717) is 11.3 Å². The normalized spacial score (nSPS) is 9.85. The number of hydrogen-bond donors (Lipinski definition) is 0. The molecule has 0 aliphatic rings. The number of rotatable bonds is 2. The van der Waals surface area contributed by atoms with E-state index in [-0.39, 0.29) is 0 Å². The van der Waals surface area contributed by atoms with Crippen LogP contribution < -0.4 is 4.74 Å². The molecule has 0 spiro atoms. The van der Waals surface area contributed by atoms with E-state index in [1.54, 1.807) is 7.11 Å². The third-order valence-electron chi connectivity index (χ3n) is 1.82. The molecule has 1 aromatic carbocycles. The number of aldehydes is 1. The summed E-state index contributed by atoms with van der Waals surface area (Å²) in [4.78, 5) is 10.8. The standard InChI is InChI=1S/C9H8Br2O2/c1-5-6(4-12)9(11)7(10)3-8(5)13-2/h3-4H,1-2H3. The van der Waals surface area contributed by atoms with Gasteiger partial charge in [0, 0.05) is 20.1 Å². The molecule has 0 fully saturated rings. The second kappa shape index (κ2) is 4.24. The van der Waals surface area contributed by atoms with Crippen LogP contribution in [0.15, 0.2) is 15.0 Å². The summed E-state index contributed by atoms with van der Waals surface area (Å²) >= 11 is 6.65. The van der Waals surface area contributed by atoms with Crippen LogP contribution in [0.1, 0.15) is 15.9 Å². The number of carbonyl (C=O) groups is 1. The summed E-state index contributed by atoms with van der Waals surface area (Å²) in [6.45, 7) is 1.85. The van der Waals surface area contributed by atoms with Crippen molar-refractivity contribution in [3.05, 3.63) is 26.1 Å². The number of carbonyl (C=O) groups excluding carboxylic acids is 1. The molecule has 0 aliphatic heterocycles. The van der Waals surface area contributed by atoms with Crippen LogP contribution in [-0.2, 0) is 0 Å². The highest BCUT2D eigenvalue weighted by Gasteiger charge is 2.11. The monoisotopic (exact) mass is 306 g/mol. The predicted molar refractivity (Wildman–Crippen MR) is 58.5 cm³/mol. The van der Waals surface area contributed by atoms with Crippen molar-refractivity contribution in [2.45, 2.75) is 6.92 Å². The molecule has 1 aromatic rings. The molecule has 0 amide bonds. The van der Waals surface area contributed by atoms with E-state index >= 15 is 0 Å². The number of ether oxygens (including phenoxy) is 1. The van der Waals surface area contributed by atoms with E-state index in [4.69, 9.17) is 4.74 Å². The minimum Gasteiger partial charge on any atom is -0.496 e. The van der Waals surface area contributed by atoms with Crippen LogP contribution in [0.2, 0.25) is 0 Å². The zero-order valence-corrected chi connectivity index (χ0v) is 10.4. The largest absolute Gasteiger partial charge is 0.496 e. The van der Waals surface area contributed by atoms with Crippen molar-refractivity contribution in [1.29, 1.82) is 0 Å². The molecule has 0 saturated heterocycles. The first-order chi connectivity index (χ1) is 6.11. The molecular formula is C9H8Br2O2. The molecule has 0 unspecified atom stereocenters. The number of halogens is 2. The molecule has 0 N–H and O–H groups in total. The predicted octanol–water partition coefficient (Wildman–Crippen LogP) is 3.34. The summed E-state index contributed by atoms with van der Waals surface area (Å²) in [7, 11) is 1.58. The summed E-state index contributed by atoms with van der Waals surface area (Å²) in [5, 5.41) is 0. The summed E-state index contributed by atoms with van der Waals surface area (Å²) in [6.07, 6.45) is 0.812. The quantitative estimate of drug-likeness (QED) is 0.783. The lowest BCUT2D eigenvalue weighted by atomic mass is 10.1. The van der Waals surface area contributed by atoms with Crippen LogP contribution in [0.5, 0.6) is 5.75 Å². The van der Waals surface area contributed by atoms with Gasteiger partial charge in [-0.15, -0.1) is 0 Å². The van der Waals surface area contributed by atoms with Crippen LogP contribution >= 0.6 is 31.9 Å². The maximum absolute atomic E-state index is 10.8. The molecule has 70 valence electrons. The van der Waals surface area contributed by atoms with Crippen molar-refractivity contribution < 1.29 is 9.53 Å². The molecule has 2 nitrogen and oxygen atoms in total. The van der Waals surface area contributed by atoms with Crippen molar-refractivity contribution in [2.75, 3.05) is 7.11 Å². The van der Waals surface area contributed by atoms with E-state index in [2.05, 4.69) is 31.9 Å². The Hall–Kier alpha value is -0.350. The molecule has 0 atom stereocenters. The Morgan fingerprint density at radius 1 is 1.46 bits per heavy atom. The minimum absolute atomic E-state index is 0.617. The zero-order valence-electron chi connectivity index (χ0n) is 7.23. The Kier molecular flexibility index (Phi) is 3.50. The van der Waals surface area contributed by atoms with Crippen LogP contribution in [-0.4, -0.2) is 13.4 Å².